The summed E-state index contributed by atoms with van der Waals surface area (Å²) in [4.78, 5) is 0. The van der Waals surface area contributed by atoms with Gasteiger partial charge < -0.3 is 15.4 Å². The van der Waals surface area contributed by atoms with Crippen LogP contribution >= 0.6 is 0 Å². The molecule has 0 spiro atoms. The monoisotopic (exact) mass is 200 g/mol. The molecular formula is C11H24N2O. The Balaban J connectivity index is 1.86. The average Bonchev–Trinajstić information content (AvgIpc) is 2.14. The van der Waals surface area contributed by atoms with Crippen molar-refractivity contribution < 1.29 is 4.74 Å². The molecule has 0 aromatic carbocycles. The molecule has 0 aromatic rings. The van der Waals surface area contributed by atoms with Gasteiger partial charge >= 0.3 is 0 Å². The first-order chi connectivity index (χ1) is 6.76. The highest BCUT2D eigenvalue weighted by atomic mass is 16.5. The molecular weight excluding hydrogens is 176 g/mol. The van der Waals surface area contributed by atoms with Gasteiger partial charge in [0.05, 0.1) is 6.10 Å². The maximum Gasteiger partial charge on any atom is 0.0601 e. The first-order valence-electron chi connectivity index (χ1n) is 5.75. The molecule has 0 bridgehead atoms. The predicted molar refractivity (Wildman–Crippen MR) is 59.6 cm³/mol. The summed E-state index contributed by atoms with van der Waals surface area (Å²) in [7, 11) is 1.80. The number of ether oxygens (including phenoxy) is 1. The summed E-state index contributed by atoms with van der Waals surface area (Å²) < 4.78 is 5.22. The lowest BCUT2D eigenvalue weighted by Crippen LogP contribution is -2.47. The van der Waals surface area contributed by atoms with Crippen molar-refractivity contribution in [2.24, 2.45) is 0 Å². The summed E-state index contributed by atoms with van der Waals surface area (Å²) in [5, 5.41) is 6.99. The molecule has 0 saturated heterocycles. The quantitative estimate of drug-likeness (QED) is 0.605. The Labute approximate surface area is 87.6 Å². The Morgan fingerprint density at radius 3 is 2.64 bits per heavy atom. The van der Waals surface area contributed by atoms with Gasteiger partial charge in [-0.2, -0.15) is 0 Å². The minimum absolute atomic E-state index is 0.509. The van der Waals surface area contributed by atoms with Crippen LogP contribution in [-0.4, -0.2) is 38.4 Å². The van der Waals surface area contributed by atoms with Gasteiger partial charge in [0.15, 0.2) is 0 Å². The molecule has 1 rings (SSSR count). The Morgan fingerprint density at radius 2 is 2.07 bits per heavy atom. The van der Waals surface area contributed by atoms with Crippen LogP contribution in [0.5, 0.6) is 0 Å². The average molecular weight is 200 g/mol. The van der Waals surface area contributed by atoms with Crippen LogP contribution in [0.1, 0.15) is 33.1 Å². The van der Waals surface area contributed by atoms with Crippen molar-refractivity contribution in [1.82, 2.24) is 10.6 Å². The van der Waals surface area contributed by atoms with Crippen molar-refractivity contribution >= 4 is 0 Å². The first-order valence-corrected chi connectivity index (χ1v) is 5.75. The van der Waals surface area contributed by atoms with Crippen LogP contribution in [0.15, 0.2) is 0 Å². The zero-order valence-corrected chi connectivity index (χ0v) is 9.68. The lowest BCUT2D eigenvalue weighted by molar-refractivity contribution is 0.0176. The Bertz CT molecular complexity index is 146. The van der Waals surface area contributed by atoms with E-state index in [0.717, 1.165) is 13.1 Å². The molecule has 0 amide bonds. The molecule has 0 aromatic heterocycles. The van der Waals surface area contributed by atoms with Crippen LogP contribution in [0.2, 0.25) is 0 Å². The highest BCUT2D eigenvalue weighted by Gasteiger charge is 2.27. The molecule has 14 heavy (non-hydrogen) atoms. The van der Waals surface area contributed by atoms with E-state index in [9.17, 15) is 0 Å². The van der Waals surface area contributed by atoms with E-state index in [1.807, 2.05) is 0 Å². The fourth-order valence-corrected chi connectivity index (χ4v) is 1.66. The van der Waals surface area contributed by atoms with Gasteiger partial charge in [-0.25, -0.2) is 0 Å². The molecule has 3 heteroatoms. The van der Waals surface area contributed by atoms with Crippen molar-refractivity contribution in [2.75, 3.05) is 20.2 Å². The summed E-state index contributed by atoms with van der Waals surface area (Å²) >= 11 is 0. The van der Waals surface area contributed by atoms with Crippen molar-refractivity contribution in [2.45, 2.75) is 51.3 Å². The van der Waals surface area contributed by atoms with Gasteiger partial charge in [0, 0.05) is 32.3 Å². The molecule has 0 radical (unpaired) electrons. The van der Waals surface area contributed by atoms with Crippen LogP contribution < -0.4 is 10.6 Å². The van der Waals surface area contributed by atoms with E-state index in [1.54, 1.807) is 7.11 Å². The van der Waals surface area contributed by atoms with Gasteiger partial charge in [-0.1, -0.05) is 6.92 Å². The number of nitrogens with one attached hydrogen (secondary N) is 2. The van der Waals surface area contributed by atoms with Gasteiger partial charge in [0.2, 0.25) is 0 Å². The molecule has 1 unspecified atom stereocenters. The highest BCUT2D eigenvalue weighted by molar-refractivity contribution is 4.85. The molecule has 1 fully saturated rings. The second-order valence-corrected chi connectivity index (χ2v) is 4.24. The molecule has 1 aliphatic rings. The third-order valence-corrected chi connectivity index (χ3v) is 3.09. The zero-order chi connectivity index (χ0) is 10.4. The third kappa shape index (κ3) is 3.95. The Kier molecular flexibility index (Phi) is 5.45. The topological polar surface area (TPSA) is 33.3 Å². The number of hydrogen-bond acceptors (Lipinski definition) is 3. The highest BCUT2D eigenvalue weighted by Crippen LogP contribution is 2.21. The minimum Gasteiger partial charge on any atom is -0.381 e. The molecule has 3 nitrogen and oxygen atoms in total. The summed E-state index contributed by atoms with van der Waals surface area (Å²) in [5.74, 6) is 0. The molecule has 0 heterocycles. The Morgan fingerprint density at radius 1 is 1.36 bits per heavy atom. The predicted octanol–water partition coefficient (Wildman–Crippen LogP) is 1.14. The normalized spacial score (nSPS) is 28.5. The first kappa shape index (κ1) is 12.0. The summed E-state index contributed by atoms with van der Waals surface area (Å²) in [6.07, 6.45) is 4.07. The molecule has 1 aliphatic carbocycles. The van der Waals surface area contributed by atoms with Gasteiger partial charge in [0.25, 0.3) is 0 Å². The zero-order valence-electron chi connectivity index (χ0n) is 9.68. The van der Waals surface area contributed by atoms with Crippen LogP contribution in [-0.2, 0) is 4.74 Å². The van der Waals surface area contributed by atoms with Crippen molar-refractivity contribution in [3.63, 3.8) is 0 Å². The summed E-state index contributed by atoms with van der Waals surface area (Å²) in [6.45, 7) is 6.58. The van der Waals surface area contributed by atoms with E-state index in [4.69, 9.17) is 4.74 Å². The van der Waals surface area contributed by atoms with Crippen molar-refractivity contribution in [3.05, 3.63) is 0 Å². The molecule has 2 N–H and O–H groups in total. The van der Waals surface area contributed by atoms with Crippen LogP contribution in [0, 0.1) is 0 Å². The fourth-order valence-electron chi connectivity index (χ4n) is 1.66. The molecule has 84 valence electrons. The number of hydrogen-bond donors (Lipinski definition) is 2. The van der Waals surface area contributed by atoms with Gasteiger partial charge in [0.1, 0.15) is 0 Å². The van der Waals surface area contributed by atoms with E-state index in [2.05, 4.69) is 24.5 Å². The van der Waals surface area contributed by atoms with E-state index in [-0.39, 0.29) is 0 Å². The van der Waals surface area contributed by atoms with Crippen LogP contribution in [0.4, 0.5) is 0 Å². The largest absolute Gasteiger partial charge is 0.381 e. The van der Waals surface area contributed by atoms with Gasteiger partial charge in [-0.3, -0.25) is 0 Å². The maximum atomic E-state index is 5.22. The van der Waals surface area contributed by atoms with Gasteiger partial charge in [-0.05, 0) is 26.2 Å². The third-order valence-electron chi connectivity index (χ3n) is 3.09. The fraction of sp³-hybridized carbons (Fsp3) is 1.00. The van der Waals surface area contributed by atoms with Crippen LogP contribution in [0.3, 0.4) is 0 Å². The lowest BCUT2D eigenvalue weighted by atomic mass is 9.89. The molecule has 1 atom stereocenters. The van der Waals surface area contributed by atoms with E-state index >= 15 is 0 Å². The number of methoxy groups -OCH3 is 1. The second kappa shape index (κ2) is 6.38. The molecule has 1 saturated carbocycles. The SMILES string of the molecule is CCC(C)NCCNC1CC(OC)C1. The smallest absolute Gasteiger partial charge is 0.0601 e. The van der Waals surface area contributed by atoms with Gasteiger partial charge in [-0.15, -0.1) is 0 Å². The second-order valence-electron chi connectivity index (χ2n) is 4.24. The minimum atomic E-state index is 0.509. The lowest BCUT2D eigenvalue weighted by Gasteiger charge is -2.34. The van der Waals surface area contributed by atoms with Crippen molar-refractivity contribution in [1.29, 1.82) is 0 Å². The van der Waals surface area contributed by atoms with Crippen LogP contribution in [0.25, 0.3) is 0 Å². The summed E-state index contributed by atoms with van der Waals surface area (Å²) in [5.41, 5.74) is 0. The van der Waals surface area contributed by atoms with E-state index in [0.29, 0.717) is 18.2 Å². The molecule has 0 aliphatic heterocycles. The van der Waals surface area contributed by atoms with E-state index < -0.39 is 0 Å². The number of rotatable bonds is 7. The summed E-state index contributed by atoms with van der Waals surface area (Å²) in [6, 6.07) is 1.34. The van der Waals surface area contributed by atoms with E-state index in [1.165, 1.54) is 19.3 Å². The van der Waals surface area contributed by atoms with Crippen molar-refractivity contribution in [3.8, 4) is 0 Å². The standard InChI is InChI=1S/C11H24N2O/c1-4-9(2)12-5-6-13-10-7-11(8-10)14-3/h9-13H,4-8H2,1-3H3. The Hall–Kier alpha value is -0.120. The maximum absolute atomic E-state index is 5.22.